The molecule has 2 saturated carbocycles. The third kappa shape index (κ3) is 2.29. The SMILES string of the molecule is NC1(C(=O)N2CCC3(O)CCCCC3C2)CCCC1. The number of amides is 1. The van der Waals surface area contributed by atoms with Gasteiger partial charge in [-0.25, -0.2) is 0 Å². The summed E-state index contributed by atoms with van der Waals surface area (Å²) in [6.07, 6.45) is 8.82. The molecule has 0 radical (unpaired) electrons. The highest BCUT2D eigenvalue weighted by Gasteiger charge is 2.47. The molecule has 3 aliphatic rings. The van der Waals surface area contributed by atoms with E-state index in [0.29, 0.717) is 13.1 Å². The summed E-state index contributed by atoms with van der Waals surface area (Å²) in [5.41, 5.74) is 5.17. The highest BCUT2D eigenvalue weighted by molar-refractivity contribution is 5.86. The van der Waals surface area contributed by atoms with E-state index in [0.717, 1.165) is 51.4 Å². The van der Waals surface area contributed by atoms with Gasteiger partial charge in [0, 0.05) is 19.0 Å². The molecule has 1 amide bonds. The first-order chi connectivity index (χ1) is 9.04. The van der Waals surface area contributed by atoms with E-state index in [1.54, 1.807) is 0 Å². The van der Waals surface area contributed by atoms with Crippen LogP contribution in [-0.4, -0.2) is 40.1 Å². The van der Waals surface area contributed by atoms with Crippen molar-refractivity contribution in [2.45, 2.75) is 68.9 Å². The van der Waals surface area contributed by atoms with E-state index in [9.17, 15) is 9.90 Å². The lowest BCUT2D eigenvalue weighted by molar-refractivity contribution is -0.148. The molecule has 3 rings (SSSR count). The van der Waals surface area contributed by atoms with Crippen molar-refractivity contribution < 1.29 is 9.90 Å². The van der Waals surface area contributed by atoms with E-state index in [1.165, 1.54) is 6.42 Å². The molecule has 2 atom stereocenters. The molecule has 108 valence electrons. The van der Waals surface area contributed by atoms with Crippen molar-refractivity contribution in [1.29, 1.82) is 0 Å². The van der Waals surface area contributed by atoms with Gasteiger partial charge in [0.2, 0.25) is 5.91 Å². The molecule has 4 heteroatoms. The number of piperidine rings is 1. The van der Waals surface area contributed by atoms with Gasteiger partial charge in [0.15, 0.2) is 0 Å². The van der Waals surface area contributed by atoms with Gasteiger partial charge in [-0.05, 0) is 32.1 Å². The van der Waals surface area contributed by atoms with E-state index in [2.05, 4.69) is 0 Å². The monoisotopic (exact) mass is 266 g/mol. The van der Waals surface area contributed by atoms with Crippen LogP contribution >= 0.6 is 0 Å². The molecule has 4 nitrogen and oxygen atoms in total. The second-order valence-electron chi connectivity index (χ2n) is 6.91. The standard InChI is InChI=1S/C15H26N2O2/c16-14(6-3-4-7-14)13(18)17-10-9-15(19)8-2-1-5-12(15)11-17/h12,19H,1-11,16H2. The summed E-state index contributed by atoms with van der Waals surface area (Å²) in [5.74, 6) is 0.404. The average molecular weight is 266 g/mol. The maximum absolute atomic E-state index is 12.6. The van der Waals surface area contributed by atoms with E-state index in [1.807, 2.05) is 4.90 Å². The molecule has 0 aromatic heterocycles. The minimum atomic E-state index is -0.607. The molecule has 19 heavy (non-hydrogen) atoms. The van der Waals surface area contributed by atoms with Gasteiger partial charge in [-0.2, -0.15) is 0 Å². The number of carbonyl (C=O) groups excluding carboxylic acids is 1. The number of fused-ring (bicyclic) bond motifs is 1. The Bertz CT molecular complexity index is 365. The van der Waals surface area contributed by atoms with Crippen LogP contribution in [0.4, 0.5) is 0 Å². The van der Waals surface area contributed by atoms with Crippen molar-refractivity contribution in [1.82, 2.24) is 4.90 Å². The molecule has 0 aromatic rings. The fraction of sp³-hybridized carbons (Fsp3) is 0.933. The van der Waals surface area contributed by atoms with Crippen molar-refractivity contribution >= 4 is 5.91 Å². The number of rotatable bonds is 1. The molecular weight excluding hydrogens is 240 g/mol. The molecule has 3 fully saturated rings. The Morgan fingerprint density at radius 2 is 1.79 bits per heavy atom. The molecule has 2 aliphatic carbocycles. The number of nitrogens with two attached hydrogens (primary N) is 1. The van der Waals surface area contributed by atoms with Crippen LogP contribution in [0.1, 0.15) is 57.8 Å². The summed E-state index contributed by atoms with van der Waals surface area (Å²) >= 11 is 0. The first-order valence-electron chi connectivity index (χ1n) is 7.84. The van der Waals surface area contributed by atoms with E-state index >= 15 is 0 Å². The van der Waals surface area contributed by atoms with Crippen molar-refractivity contribution in [3.63, 3.8) is 0 Å². The summed E-state index contributed by atoms with van der Waals surface area (Å²) in [4.78, 5) is 14.6. The first kappa shape index (κ1) is 13.4. The summed E-state index contributed by atoms with van der Waals surface area (Å²) in [6, 6.07) is 0. The number of hydrogen-bond donors (Lipinski definition) is 2. The smallest absolute Gasteiger partial charge is 0.242 e. The fourth-order valence-corrected chi connectivity index (χ4v) is 4.29. The molecule has 1 saturated heterocycles. The lowest BCUT2D eigenvalue weighted by atomic mass is 9.71. The van der Waals surface area contributed by atoms with Crippen molar-refractivity contribution in [3.05, 3.63) is 0 Å². The van der Waals surface area contributed by atoms with Gasteiger partial charge in [0.05, 0.1) is 11.1 Å². The molecule has 3 N–H and O–H groups in total. The maximum Gasteiger partial charge on any atom is 0.242 e. The minimum Gasteiger partial charge on any atom is -0.389 e. The number of likely N-dealkylation sites (tertiary alicyclic amines) is 1. The summed E-state index contributed by atoms with van der Waals surface area (Å²) in [6.45, 7) is 1.40. The quantitative estimate of drug-likeness (QED) is 0.754. The fourth-order valence-electron chi connectivity index (χ4n) is 4.29. The molecule has 2 unspecified atom stereocenters. The average Bonchev–Trinajstić information content (AvgIpc) is 2.85. The van der Waals surface area contributed by atoms with Crippen LogP contribution in [-0.2, 0) is 4.79 Å². The van der Waals surface area contributed by atoms with E-state index < -0.39 is 11.1 Å². The predicted octanol–water partition coefficient (Wildman–Crippen LogP) is 1.41. The van der Waals surface area contributed by atoms with Gasteiger partial charge in [-0.15, -0.1) is 0 Å². The van der Waals surface area contributed by atoms with Crippen molar-refractivity contribution in [3.8, 4) is 0 Å². The summed E-state index contributed by atoms with van der Waals surface area (Å²) in [7, 11) is 0. The van der Waals surface area contributed by atoms with Crippen LogP contribution < -0.4 is 5.73 Å². The molecule has 0 aromatic carbocycles. The number of carbonyl (C=O) groups is 1. The van der Waals surface area contributed by atoms with Crippen LogP contribution in [0.3, 0.4) is 0 Å². The largest absolute Gasteiger partial charge is 0.389 e. The van der Waals surface area contributed by atoms with Gasteiger partial charge >= 0.3 is 0 Å². The second-order valence-corrected chi connectivity index (χ2v) is 6.91. The van der Waals surface area contributed by atoms with Crippen LogP contribution in [0.5, 0.6) is 0 Å². The molecule has 1 aliphatic heterocycles. The zero-order valence-electron chi connectivity index (χ0n) is 11.7. The summed E-state index contributed by atoms with van der Waals surface area (Å²) < 4.78 is 0. The van der Waals surface area contributed by atoms with E-state index in [4.69, 9.17) is 5.73 Å². The Kier molecular flexibility index (Phi) is 3.34. The Hall–Kier alpha value is -0.610. The molecular formula is C15H26N2O2. The zero-order chi connectivity index (χ0) is 13.5. The normalized spacial score (nSPS) is 38.0. The molecule has 0 spiro atoms. The minimum absolute atomic E-state index is 0.137. The van der Waals surface area contributed by atoms with Gasteiger partial charge in [-0.3, -0.25) is 4.79 Å². The van der Waals surface area contributed by atoms with Crippen molar-refractivity contribution in [2.24, 2.45) is 11.7 Å². The lowest BCUT2D eigenvalue weighted by Gasteiger charge is -2.48. The number of nitrogens with zero attached hydrogens (tertiary/aromatic N) is 1. The van der Waals surface area contributed by atoms with Crippen LogP contribution in [0.2, 0.25) is 0 Å². The topological polar surface area (TPSA) is 66.6 Å². The Morgan fingerprint density at radius 1 is 1.11 bits per heavy atom. The Labute approximate surface area is 115 Å². The number of aliphatic hydroxyl groups is 1. The predicted molar refractivity (Wildman–Crippen MR) is 73.5 cm³/mol. The van der Waals surface area contributed by atoms with Crippen LogP contribution in [0.15, 0.2) is 0 Å². The lowest BCUT2D eigenvalue weighted by Crippen LogP contribution is -2.60. The van der Waals surface area contributed by atoms with Crippen LogP contribution in [0, 0.1) is 5.92 Å². The third-order valence-electron chi connectivity index (χ3n) is 5.64. The molecule has 0 bridgehead atoms. The van der Waals surface area contributed by atoms with Gasteiger partial charge < -0.3 is 15.7 Å². The van der Waals surface area contributed by atoms with Crippen molar-refractivity contribution in [2.75, 3.05) is 13.1 Å². The third-order valence-corrected chi connectivity index (χ3v) is 5.64. The van der Waals surface area contributed by atoms with Gasteiger partial charge in [0.25, 0.3) is 0 Å². The van der Waals surface area contributed by atoms with Gasteiger partial charge in [0.1, 0.15) is 0 Å². The highest BCUT2D eigenvalue weighted by atomic mass is 16.3. The van der Waals surface area contributed by atoms with Gasteiger partial charge in [-0.1, -0.05) is 25.7 Å². The second kappa shape index (κ2) is 4.74. The Balaban J connectivity index is 1.69. The first-order valence-corrected chi connectivity index (χ1v) is 7.84. The zero-order valence-corrected chi connectivity index (χ0v) is 11.7. The molecule has 1 heterocycles. The maximum atomic E-state index is 12.6. The summed E-state index contributed by atoms with van der Waals surface area (Å²) in [5, 5.41) is 10.7. The van der Waals surface area contributed by atoms with Crippen LogP contribution in [0.25, 0.3) is 0 Å². The van der Waals surface area contributed by atoms with E-state index in [-0.39, 0.29) is 11.8 Å². The number of hydrogen-bond acceptors (Lipinski definition) is 3. The highest BCUT2D eigenvalue weighted by Crippen LogP contribution is 2.40. The Morgan fingerprint density at radius 3 is 2.53 bits per heavy atom.